The van der Waals surface area contributed by atoms with E-state index < -0.39 is 11.7 Å². The summed E-state index contributed by atoms with van der Waals surface area (Å²) in [7, 11) is 3.68. The van der Waals surface area contributed by atoms with Gasteiger partial charge in [0.25, 0.3) is 0 Å². The van der Waals surface area contributed by atoms with Gasteiger partial charge in [-0.25, -0.2) is 4.79 Å². The van der Waals surface area contributed by atoms with Crippen molar-refractivity contribution in [3.8, 4) is 28.3 Å². The van der Waals surface area contributed by atoms with Crippen molar-refractivity contribution in [3.63, 3.8) is 0 Å². The number of anilines is 2. The number of carbonyl (C=O) groups excluding carboxylic acids is 1. The van der Waals surface area contributed by atoms with Crippen LogP contribution in [0.5, 0.6) is 0 Å². The van der Waals surface area contributed by atoms with E-state index in [1.807, 2.05) is 101 Å². The molecule has 0 unspecified atom stereocenters. The molecule has 1 aliphatic heterocycles. The summed E-state index contributed by atoms with van der Waals surface area (Å²) >= 11 is 0. The Labute approximate surface area is 337 Å². The van der Waals surface area contributed by atoms with Crippen LogP contribution in [-0.2, 0) is 4.74 Å². The molecule has 0 aromatic heterocycles. The zero-order chi connectivity index (χ0) is 40.4. The first-order valence-electron chi connectivity index (χ1n) is 19.2. The second kappa shape index (κ2) is 15.6. The van der Waals surface area contributed by atoms with Crippen molar-refractivity contribution in [2.24, 2.45) is 15.4 Å². The number of amides is 1. The van der Waals surface area contributed by atoms with E-state index in [0.29, 0.717) is 17.8 Å². The van der Waals surface area contributed by atoms with E-state index in [2.05, 4.69) is 99.6 Å². The monoisotopic (exact) mass is 758 g/mol. The summed E-state index contributed by atoms with van der Waals surface area (Å²) in [6, 6.07) is 51.7. The lowest BCUT2D eigenvalue weighted by Crippen LogP contribution is -2.34. The van der Waals surface area contributed by atoms with Crippen molar-refractivity contribution in [2.45, 2.75) is 26.4 Å². The maximum Gasteiger partial charge on any atom is 0.414 e. The van der Waals surface area contributed by atoms with Crippen LogP contribution in [0.15, 0.2) is 161 Å². The summed E-state index contributed by atoms with van der Waals surface area (Å²) < 4.78 is 5.62. The topological polar surface area (TPSA) is 102 Å². The summed E-state index contributed by atoms with van der Waals surface area (Å²) in [5.41, 5.74) is 7.78. The summed E-state index contributed by atoms with van der Waals surface area (Å²) in [6.45, 7) is 6.06. The van der Waals surface area contributed by atoms with Gasteiger partial charge in [0, 0.05) is 47.6 Å². The Bertz CT molecular complexity index is 2990. The lowest BCUT2D eigenvalue weighted by atomic mass is 9.87. The number of nitriles is 1. The van der Waals surface area contributed by atoms with Crippen molar-refractivity contribution in [1.29, 1.82) is 5.26 Å². The van der Waals surface area contributed by atoms with E-state index >= 15 is 0 Å². The molecule has 0 spiro atoms. The number of benzene rings is 8. The molecule has 0 bridgehead atoms. The quantitative estimate of drug-likeness (QED) is 0.189. The molecule has 8 aromatic rings. The molecule has 0 atom stereocenters. The number of hydrogen-bond donors (Lipinski definition) is 1. The largest absolute Gasteiger partial charge is 0.443 e. The van der Waals surface area contributed by atoms with E-state index in [-0.39, 0.29) is 0 Å². The van der Waals surface area contributed by atoms with Crippen LogP contribution in [0.3, 0.4) is 0 Å². The molecule has 0 saturated heterocycles. The average Bonchev–Trinajstić information content (AvgIpc) is 3.79. The van der Waals surface area contributed by atoms with Crippen molar-refractivity contribution >= 4 is 66.3 Å². The molecule has 8 nitrogen and oxygen atoms in total. The molecule has 0 fully saturated rings. The van der Waals surface area contributed by atoms with Gasteiger partial charge in [-0.05, 0) is 87.3 Å². The summed E-state index contributed by atoms with van der Waals surface area (Å²) in [6.07, 6.45) is -0.442. The first-order valence-corrected chi connectivity index (χ1v) is 19.2. The molecule has 9 rings (SSSR count). The predicted molar refractivity (Wildman–Crippen MR) is 239 cm³/mol. The fourth-order valence-corrected chi connectivity index (χ4v) is 7.75. The van der Waals surface area contributed by atoms with E-state index in [0.717, 1.165) is 49.6 Å². The van der Waals surface area contributed by atoms with Gasteiger partial charge in [0.15, 0.2) is 0 Å². The van der Waals surface area contributed by atoms with Crippen LogP contribution in [0.4, 0.5) is 16.2 Å². The molecule has 1 N–H and O–H groups in total. The number of hydrogen-bond acceptors (Lipinski definition) is 7. The lowest BCUT2D eigenvalue weighted by Gasteiger charge is -2.27. The standard InChI is InChI=1S/C27H24N2O2.C23H18N4/c1-27(2,3)31-26(30)29(4)23-16-15-19-10-6-8-12-22(19)25(23)24-20(17-28)14-13-18-9-5-7-11-21(18)24;1-24-20-13-11-16-7-3-5-9-18(16)23(20)22-17-8-4-2-6-15(17)10-12-19(22)21-14-25-27-26-21/h5-16H,1-4H3;2-13,24H,14H2,1H3. The predicted octanol–water partition coefficient (Wildman–Crippen LogP) is 12.8. The second-order valence-electron chi connectivity index (χ2n) is 15.1. The number of carbonyl (C=O) groups is 1. The van der Waals surface area contributed by atoms with Crippen LogP contribution < -0.4 is 10.2 Å². The third-order valence-corrected chi connectivity index (χ3v) is 10.4. The Kier molecular flexibility index (Phi) is 10.1. The third kappa shape index (κ3) is 7.10. The number of ether oxygens (including phenoxy) is 1. The third-order valence-electron chi connectivity index (χ3n) is 10.4. The average molecular weight is 759 g/mol. The van der Waals surface area contributed by atoms with Crippen LogP contribution in [0.1, 0.15) is 31.9 Å². The summed E-state index contributed by atoms with van der Waals surface area (Å²) in [5.74, 6) is 0. The van der Waals surface area contributed by atoms with Crippen LogP contribution in [0.25, 0.3) is 65.3 Å². The van der Waals surface area contributed by atoms with Gasteiger partial charge in [0.2, 0.25) is 0 Å². The molecule has 8 heteroatoms. The highest BCUT2D eigenvalue weighted by atomic mass is 16.6. The van der Waals surface area contributed by atoms with Crippen LogP contribution in [0, 0.1) is 11.3 Å². The molecule has 0 aliphatic carbocycles. The smallest absolute Gasteiger partial charge is 0.414 e. The maximum atomic E-state index is 12.9. The molecule has 284 valence electrons. The summed E-state index contributed by atoms with van der Waals surface area (Å²) in [4.78, 5) is 14.5. The minimum atomic E-state index is -0.611. The highest BCUT2D eigenvalue weighted by Gasteiger charge is 2.26. The lowest BCUT2D eigenvalue weighted by molar-refractivity contribution is 0.0589. The Morgan fingerprint density at radius 1 is 0.655 bits per heavy atom. The van der Waals surface area contributed by atoms with Crippen molar-refractivity contribution in [3.05, 3.63) is 157 Å². The second-order valence-corrected chi connectivity index (χ2v) is 15.1. The van der Waals surface area contributed by atoms with Gasteiger partial charge in [-0.15, -0.1) is 5.10 Å². The zero-order valence-electron chi connectivity index (χ0n) is 33.1. The van der Waals surface area contributed by atoms with Crippen LogP contribution >= 0.6 is 0 Å². The van der Waals surface area contributed by atoms with Gasteiger partial charge in [-0.1, -0.05) is 127 Å². The van der Waals surface area contributed by atoms with E-state index in [4.69, 9.17) is 4.74 Å². The minimum absolute atomic E-state index is 0.442. The molecule has 0 radical (unpaired) electrons. The molecule has 8 aromatic carbocycles. The van der Waals surface area contributed by atoms with Crippen LogP contribution in [0.2, 0.25) is 0 Å². The molecular formula is C50H42N6O2. The van der Waals surface area contributed by atoms with E-state index in [9.17, 15) is 10.1 Å². The molecule has 1 heterocycles. The molecule has 58 heavy (non-hydrogen) atoms. The van der Waals surface area contributed by atoms with Gasteiger partial charge in [-0.3, -0.25) is 4.90 Å². The Balaban J connectivity index is 0.000000163. The van der Waals surface area contributed by atoms with Gasteiger partial charge in [-0.2, -0.15) is 10.4 Å². The van der Waals surface area contributed by atoms with Gasteiger partial charge in [0.1, 0.15) is 12.1 Å². The Morgan fingerprint density at radius 3 is 1.69 bits per heavy atom. The van der Waals surface area contributed by atoms with Crippen molar-refractivity contribution in [2.75, 3.05) is 30.9 Å². The van der Waals surface area contributed by atoms with E-state index in [1.54, 1.807) is 7.05 Å². The SMILES string of the molecule is CN(C(=O)OC(C)(C)C)c1ccc2ccccc2c1-c1c(C#N)ccc2ccccc12.CNc1ccc2ccccc2c1-c1c(C2=NN=NC2)ccc2ccccc12. The first kappa shape index (κ1) is 37.5. The molecule has 0 saturated carbocycles. The number of nitrogens with zero attached hydrogens (tertiary/aromatic N) is 5. The normalized spacial score (nSPS) is 12.2. The molecular weight excluding hydrogens is 717 g/mol. The fraction of sp³-hybridized carbons (Fsp3) is 0.140. The molecule has 1 aliphatic rings. The molecule has 1 amide bonds. The van der Waals surface area contributed by atoms with Gasteiger partial charge >= 0.3 is 6.09 Å². The maximum absolute atomic E-state index is 12.9. The highest BCUT2D eigenvalue weighted by Crippen LogP contribution is 2.44. The van der Waals surface area contributed by atoms with E-state index in [1.165, 1.54) is 37.6 Å². The number of nitrogens with one attached hydrogen (secondary N) is 1. The van der Waals surface area contributed by atoms with Gasteiger partial charge in [0.05, 0.1) is 23.0 Å². The minimum Gasteiger partial charge on any atom is -0.443 e. The number of rotatable bonds is 5. The van der Waals surface area contributed by atoms with Crippen molar-refractivity contribution in [1.82, 2.24) is 0 Å². The highest BCUT2D eigenvalue weighted by molar-refractivity contribution is 6.19. The number of fused-ring (bicyclic) bond motifs is 4. The Hall–Kier alpha value is -7.37. The van der Waals surface area contributed by atoms with Crippen LogP contribution in [-0.4, -0.2) is 38.0 Å². The fourth-order valence-electron chi connectivity index (χ4n) is 7.75. The first-order chi connectivity index (χ1) is 28.2. The summed E-state index contributed by atoms with van der Waals surface area (Å²) in [5, 5.41) is 34.4. The van der Waals surface area contributed by atoms with Crippen molar-refractivity contribution < 1.29 is 9.53 Å². The van der Waals surface area contributed by atoms with Gasteiger partial charge < -0.3 is 10.1 Å². The zero-order valence-corrected chi connectivity index (χ0v) is 33.1. The Morgan fingerprint density at radius 2 is 1.16 bits per heavy atom.